The number of aromatic amines is 1. The summed E-state index contributed by atoms with van der Waals surface area (Å²) in [5.41, 5.74) is 1.72. The van der Waals surface area contributed by atoms with Crippen LogP contribution >= 0.6 is 0 Å². The molecule has 0 radical (unpaired) electrons. The lowest BCUT2D eigenvalue weighted by molar-refractivity contribution is -0.115. The smallest absolute Gasteiger partial charge is 0.251 e. The van der Waals surface area contributed by atoms with Gasteiger partial charge < -0.3 is 15.6 Å². The first-order valence-electron chi connectivity index (χ1n) is 7.78. The minimum absolute atomic E-state index is 0.110. The zero-order valence-electron chi connectivity index (χ0n) is 13.9. The number of rotatable bonds is 5. The SMILES string of the molecule is CS(=O)(=O)c1cccc(NC(=O)CNC(=O)c2ccc3[nH]ccc3c2)c1. The number of carbonyl (C=O) groups is 2. The molecule has 1 heterocycles. The summed E-state index contributed by atoms with van der Waals surface area (Å²) in [6.07, 6.45) is 2.87. The Morgan fingerprint density at radius 2 is 1.88 bits per heavy atom. The molecule has 134 valence electrons. The van der Waals surface area contributed by atoms with Crippen LogP contribution in [0.5, 0.6) is 0 Å². The average molecular weight is 371 g/mol. The third kappa shape index (κ3) is 4.09. The number of aromatic nitrogens is 1. The van der Waals surface area contributed by atoms with Crippen LogP contribution in [-0.4, -0.2) is 38.0 Å². The summed E-state index contributed by atoms with van der Waals surface area (Å²) in [7, 11) is -3.36. The van der Waals surface area contributed by atoms with E-state index < -0.39 is 15.7 Å². The van der Waals surface area contributed by atoms with E-state index in [9.17, 15) is 18.0 Å². The fourth-order valence-corrected chi connectivity index (χ4v) is 3.13. The van der Waals surface area contributed by atoms with E-state index in [-0.39, 0.29) is 17.3 Å². The molecule has 3 rings (SSSR count). The number of sulfone groups is 1. The Morgan fingerprint density at radius 3 is 2.65 bits per heavy atom. The Hall–Kier alpha value is -3.13. The topological polar surface area (TPSA) is 108 Å². The number of hydrogen-bond acceptors (Lipinski definition) is 4. The molecule has 0 aliphatic heterocycles. The van der Waals surface area contributed by atoms with E-state index >= 15 is 0 Å². The summed E-state index contributed by atoms with van der Waals surface area (Å²) in [6.45, 7) is -0.229. The van der Waals surface area contributed by atoms with Gasteiger partial charge in [0.15, 0.2) is 9.84 Å². The fraction of sp³-hybridized carbons (Fsp3) is 0.111. The normalized spacial score (nSPS) is 11.3. The number of benzene rings is 2. The van der Waals surface area contributed by atoms with Crippen molar-refractivity contribution < 1.29 is 18.0 Å². The largest absolute Gasteiger partial charge is 0.361 e. The van der Waals surface area contributed by atoms with Gasteiger partial charge in [-0.05, 0) is 42.5 Å². The number of anilines is 1. The summed E-state index contributed by atoms with van der Waals surface area (Å²) < 4.78 is 23.1. The molecule has 0 atom stereocenters. The number of carbonyl (C=O) groups excluding carboxylic acids is 2. The second-order valence-corrected chi connectivity index (χ2v) is 7.83. The van der Waals surface area contributed by atoms with Crippen molar-refractivity contribution in [2.75, 3.05) is 18.1 Å². The highest BCUT2D eigenvalue weighted by atomic mass is 32.2. The molecule has 0 fully saturated rings. The van der Waals surface area contributed by atoms with Gasteiger partial charge in [-0.25, -0.2) is 8.42 Å². The van der Waals surface area contributed by atoms with Crippen molar-refractivity contribution in [1.29, 1.82) is 0 Å². The van der Waals surface area contributed by atoms with Crippen molar-refractivity contribution in [2.24, 2.45) is 0 Å². The Labute approximate surface area is 150 Å². The molecule has 0 spiro atoms. The molecular formula is C18H17N3O4S. The first-order chi connectivity index (χ1) is 12.3. The third-order valence-electron chi connectivity index (χ3n) is 3.77. The molecule has 2 aromatic carbocycles. The van der Waals surface area contributed by atoms with Crippen molar-refractivity contribution in [2.45, 2.75) is 4.90 Å². The van der Waals surface area contributed by atoms with Gasteiger partial charge in [-0.3, -0.25) is 9.59 Å². The number of nitrogens with one attached hydrogen (secondary N) is 3. The third-order valence-corrected chi connectivity index (χ3v) is 4.88. The predicted molar refractivity (Wildman–Crippen MR) is 98.8 cm³/mol. The number of amides is 2. The first-order valence-corrected chi connectivity index (χ1v) is 9.67. The second kappa shape index (κ2) is 7.01. The minimum atomic E-state index is -3.36. The molecule has 26 heavy (non-hydrogen) atoms. The Kier molecular flexibility index (Phi) is 4.77. The van der Waals surface area contributed by atoms with E-state index in [2.05, 4.69) is 15.6 Å². The van der Waals surface area contributed by atoms with Gasteiger partial charge in [0.05, 0.1) is 11.4 Å². The fourth-order valence-electron chi connectivity index (χ4n) is 2.47. The van der Waals surface area contributed by atoms with Gasteiger partial charge in [0.1, 0.15) is 0 Å². The van der Waals surface area contributed by atoms with E-state index in [1.807, 2.05) is 6.07 Å². The van der Waals surface area contributed by atoms with Gasteiger partial charge in [-0.2, -0.15) is 0 Å². The van der Waals surface area contributed by atoms with Gasteiger partial charge in [-0.1, -0.05) is 6.07 Å². The van der Waals surface area contributed by atoms with Gasteiger partial charge in [-0.15, -0.1) is 0 Å². The van der Waals surface area contributed by atoms with Crippen LogP contribution in [0.3, 0.4) is 0 Å². The lowest BCUT2D eigenvalue weighted by Gasteiger charge is -2.08. The molecule has 0 aliphatic carbocycles. The summed E-state index contributed by atoms with van der Waals surface area (Å²) in [5, 5.41) is 6.01. The summed E-state index contributed by atoms with van der Waals surface area (Å²) >= 11 is 0. The number of H-pyrrole nitrogens is 1. The quantitative estimate of drug-likeness (QED) is 0.637. The molecule has 3 aromatic rings. The van der Waals surface area contributed by atoms with Crippen LogP contribution in [0.1, 0.15) is 10.4 Å². The van der Waals surface area contributed by atoms with Crippen LogP contribution in [0.4, 0.5) is 5.69 Å². The van der Waals surface area contributed by atoms with Gasteiger partial charge in [0.25, 0.3) is 5.91 Å². The summed E-state index contributed by atoms with van der Waals surface area (Å²) in [4.78, 5) is 27.3. The van der Waals surface area contributed by atoms with Crippen LogP contribution in [0.15, 0.2) is 59.6 Å². The maximum absolute atomic E-state index is 12.2. The van der Waals surface area contributed by atoms with Gasteiger partial charge in [0.2, 0.25) is 5.91 Å². The molecule has 2 amide bonds. The lowest BCUT2D eigenvalue weighted by atomic mass is 10.1. The molecule has 1 aromatic heterocycles. The summed E-state index contributed by atoms with van der Waals surface area (Å²) in [5.74, 6) is -0.820. The second-order valence-electron chi connectivity index (χ2n) is 5.81. The molecule has 0 aliphatic rings. The molecule has 3 N–H and O–H groups in total. The van der Waals surface area contributed by atoms with Crippen LogP contribution in [-0.2, 0) is 14.6 Å². The molecule has 8 heteroatoms. The molecule has 0 saturated heterocycles. The molecule has 0 saturated carbocycles. The molecule has 0 unspecified atom stereocenters. The minimum Gasteiger partial charge on any atom is -0.361 e. The van der Waals surface area contributed by atoms with Crippen LogP contribution in [0.2, 0.25) is 0 Å². The lowest BCUT2D eigenvalue weighted by Crippen LogP contribution is -2.32. The van der Waals surface area contributed by atoms with E-state index in [1.54, 1.807) is 30.5 Å². The summed E-state index contributed by atoms with van der Waals surface area (Å²) in [6, 6.07) is 13.0. The highest BCUT2D eigenvalue weighted by Crippen LogP contribution is 2.15. The van der Waals surface area contributed by atoms with E-state index in [0.717, 1.165) is 17.2 Å². The standard InChI is InChI=1S/C18H17N3O4S/c1-26(24,25)15-4-2-3-14(10-15)21-17(22)11-20-18(23)13-5-6-16-12(9-13)7-8-19-16/h2-10,19H,11H2,1H3,(H,20,23)(H,21,22). The van der Waals surface area contributed by atoms with Gasteiger partial charge in [0, 0.05) is 34.6 Å². The predicted octanol–water partition coefficient (Wildman–Crippen LogP) is 1.94. The highest BCUT2D eigenvalue weighted by Gasteiger charge is 2.11. The van der Waals surface area contributed by atoms with E-state index in [0.29, 0.717) is 11.3 Å². The van der Waals surface area contributed by atoms with Crippen molar-refractivity contribution >= 4 is 38.2 Å². The zero-order chi connectivity index (χ0) is 18.7. The maximum Gasteiger partial charge on any atom is 0.251 e. The van der Waals surface area contributed by atoms with Crippen LogP contribution < -0.4 is 10.6 Å². The molecule has 7 nitrogen and oxygen atoms in total. The van der Waals surface area contributed by atoms with Crippen LogP contribution in [0, 0.1) is 0 Å². The number of hydrogen-bond donors (Lipinski definition) is 3. The zero-order valence-corrected chi connectivity index (χ0v) is 14.8. The van der Waals surface area contributed by atoms with Crippen molar-refractivity contribution in [3.8, 4) is 0 Å². The first kappa shape index (κ1) is 17.7. The van der Waals surface area contributed by atoms with Crippen molar-refractivity contribution in [3.63, 3.8) is 0 Å². The van der Waals surface area contributed by atoms with Crippen LogP contribution in [0.25, 0.3) is 10.9 Å². The molecule has 0 bridgehead atoms. The average Bonchev–Trinajstić information content (AvgIpc) is 3.07. The highest BCUT2D eigenvalue weighted by molar-refractivity contribution is 7.90. The Morgan fingerprint density at radius 1 is 1.08 bits per heavy atom. The monoisotopic (exact) mass is 371 g/mol. The van der Waals surface area contributed by atoms with E-state index in [1.165, 1.54) is 18.2 Å². The van der Waals surface area contributed by atoms with Gasteiger partial charge >= 0.3 is 0 Å². The number of fused-ring (bicyclic) bond motifs is 1. The van der Waals surface area contributed by atoms with Crippen molar-refractivity contribution in [3.05, 3.63) is 60.3 Å². The Bertz CT molecular complexity index is 1090. The maximum atomic E-state index is 12.2. The van der Waals surface area contributed by atoms with E-state index in [4.69, 9.17) is 0 Å². The molecular weight excluding hydrogens is 354 g/mol. The van der Waals surface area contributed by atoms with Crippen molar-refractivity contribution in [1.82, 2.24) is 10.3 Å². The Balaban J connectivity index is 1.61.